The molecule has 3 aromatic rings. The molecule has 0 fully saturated rings. The van der Waals surface area contributed by atoms with E-state index < -0.39 is 117 Å². The minimum atomic E-state index is -2.19. The second-order valence-corrected chi connectivity index (χ2v) is 17.8. The summed E-state index contributed by atoms with van der Waals surface area (Å²) in [6, 6.07) is 12.9. The number of esters is 2. The van der Waals surface area contributed by atoms with Gasteiger partial charge in [0.25, 0.3) is 11.7 Å². The van der Waals surface area contributed by atoms with Gasteiger partial charge in [0.2, 0.25) is 11.6 Å². The molecule has 5 bridgehead atoms. The Morgan fingerprint density at radius 3 is 2.16 bits per heavy atom. The Labute approximate surface area is 393 Å². The summed E-state index contributed by atoms with van der Waals surface area (Å²) in [7, 11) is 1.41. The molecule has 4 N–H and O–H groups in total. The molecule has 1 amide bonds. The normalized spacial score (nSPS) is 28.6. The van der Waals surface area contributed by atoms with Gasteiger partial charge in [0.1, 0.15) is 29.0 Å². The highest BCUT2D eigenvalue weighted by molar-refractivity contribution is 6.34. The molecule has 0 saturated heterocycles. The number of fused-ring (bicyclic) bond motifs is 14. The zero-order valence-corrected chi connectivity index (χ0v) is 39.6. The van der Waals surface area contributed by atoms with Crippen LogP contribution in [0.5, 0.6) is 11.5 Å². The SMILES string of the molecule is CO[C@H]1/C=C/O[C@@]2(C)Oc3c(C)c(OC(=O)c4ccccc4Cl)c4c(c3C2=O)C(=O)C(Nc2ccc(C)cc2)=C(NC(=O)/C(C)=C\C=C\[C@H](C)[C@H](O)[C@@H](C)[C@H](O)[C@H](C)[C@H](OC(C)=O)[C@@H]1C)C4=O. The van der Waals surface area contributed by atoms with Crippen molar-refractivity contribution in [1.82, 2.24) is 5.32 Å². The minimum absolute atomic E-state index is 0.0296. The van der Waals surface area contributed by atoms with Crippen LogP contribution in [0, 0.1) is 37.5 Å². The molecule has 0 spiro atoms. The van der Waals surface area contributed by atoms with Crippen LogP contribution in [0.25, 0.3) is 0 Å². The van der Waals surface area contributed by atoms with Gasteiger partial charge in [-0.2, -0.15) is 0 Å². The van der Waals surface area contributed by atoms with E-state index in [1.807, 2.05) is 6.92 Å². The molecule has 16 heteroatoms. The highest BCUT2D eigenvalue weighted by atomic mass is 35.5. The van der Waals surface area contributed by atoms with Crippen LogP contribution in [-0.4, -0.2) is 82.7 Å². The van der Waals surface area contributed by atoms with Crippen LogP contribution in [0.3, 0.4) is 0 Å². The Morgan fingerprint density at radius 1 is 0.851 bits per heavy atom. The number of Topliss-reactive ketones (excluding diaryl/α,β-unsaturated/α-hetero) is 3. The molecular weight excluding hydrogens is 884 g/mol. The van der Waals surface area contributed by atoms with E-state index in [0.29, 0.717) is 5.69 Å². The van der Waals surface area contributed by atoms with E-state index in [9.17, 15) is 29.4 Å². The van der Waals surface area contributed by atoms with Crippen molar-refractivity contribution in [1.29, 1.82) is 0 Å². The maximum absolute atomic E-state index is 15.2. The third kappa shape index (κ3) is 10.0. The van der Waals surface area contributed by atoms with Crippen molar-refractivity contribution in [3.05, 3.63) is 134 Å². The number of amides is 1. The van der Waals surface area contributed by atoms with Gasteiger partial charge in [0.15, 0.2) is 0 Å². The molecule has 3 heterocycles. The fourth-order valence-corrected chi connectivity index (χ4v) is 8.69. The van der Waals surface area contributed by atoms with Crippen LogP contribution in [0.1, 0.15) is 101 Å². The third-order valence-corrected chi connectivity index (χ3v) is 12.9. The van der Waals surface area contributed by atoms with Crippen LogP contribution in [0.15, 0.2) is 96.1 Å². The number of methoxy groups -OCH3 is 1. The van der Waals surface area contributed by atoms with Gasteiger partial charge in [0.05, 0.1) is 51.9 Å². The van der Waals surface area contributed by atoms with E-state index in [1.54, 1.807) is 70.2 Å². The molecule has 9 atom stereocenters. The summed E-state index contributed by atoms with van der Waals surface area (Å²) in [5, 5.41) is 28.7. The molecule has 0 radical (unpaired) electrons. The van der Waals surface area contributed by atoms with E-state index in [0.717, 1.165) is 11.8 Å². The first-order valence-electron chi connectivity index (χ1n) is 21.8. The van der Waals surface area contributed by atoms with Gasteiger partial charge < -0.3 is 44.5 Å². The predicted molar refractivity (Wildman–Crippen MR) is 248 cm³/mol. The highest BCUT2D eigenvalue weighted by Crippen LogP contribution is 2.49. The van der Waals surface area contributed by atoms with E-state index in [1.165, 1.54) is 65.2 Å². The van der Waals surface area contributed by atoms with Crippen LogP contribution in [0.2, 0.25) is 5.02 Å². The first kappa shape index (κ1) is 50.0. The Balaban J connectivity index is 1.57. The Bertz CT molecular complexity index is 2630. The minimum Gasteiger partial charge on any atom is -0.462 e. The monoisotopic (exact) mass is 938 g/mol. The largest absolute Gasteiger partial charge is 0.462 e. The third-order valence-electron chi connectivity index (χ3n) is 12.5. The lowest BCUT2D eigenvalue weighted by Crippen LogP contribution is -2.46. The fourth-order valence-electron chi connectivity index (χ4n) is 8.48. The molecule has 1 aliphatic carbocycles. The average molecular weight is 939 g/mol. The zero-order chi connectivity index (χ0) is 49.2. The number of hydrogen-bond acceptors (Lipinski definition) is 14. The number of halogens is 1. The number of benzene rings is 3. The van der Waals surface area contributed by atoms with Gasteiger partial charge in [-0.25, -0.2) is 4.79 Å². The van der Waals surface area contributed by atoms with E-state index in [2.05, 4.69) is 10.6 Å². The van der Waals surface area contributed by atoms with Gasteiger partial charge in [-0.1, -0.05) is 87.4 Å². The number of ketones is 3. The molecule has 0 saturated carbocycles. The van der Waals surface area contributed by atoms with Crippen molar-refractivity contribution in [2.45, 2.75) is 92.5 Å². The molecular formula is C51H55ClN2O13. The smallest absolute Gasteiger partial charge is 0.345 e. The number of hydrogen-bond donors (Lipinski definition) is 4. The Hall–Kier alpha value is -6.39. The molecule has 67 heavy (non-hydrogen) atoms. The van der Waals surface area contributed by atoms with E-state index in [-0.39, 0.29) is 33.0 Å². The molecule has 354 valence electrons. The number of aliphatic hydroxyl groups is 2. The first-order valence-corrected chi connectivity index (χ1v) is 22.1. The van der Waals surface area contributed by atoms with Gasteiger partial charge >= 0.3 is 17.7 Å². The second-order valence-electron chi connectivity index (χ2n) is 17.4. The lowest BCUT2D eigenvalue weighted by atomic mass is 9.78. The predicted octanol–water partition coefficient (Wildman–Crippen LogP) is 7.55. The molecule has 4 aliphatic rings. The number of aryl methyl sites for hydroxylation is 1. The van der Waals surface area contributed by atoms with Gasteiger partial charge in [-0.3, -0.25) is 24.0 Å². The number of ether oxygens (including phenoxy) is 5. The summed E-state index contributed by atoms with van der Waals surface area (Å²) in [5.74, 6) is -10.7. The molecule has 3 aromatic carbocycles. The molecule has 7 rings (SSSR count). The summed E-state index contributed by atoms with van der Waals surface area (Å²) in [5.41, 5.74) is -1.01. The number of nitrogens with one attached hydrogen (secondary N) is 2. The molecule has 0 unspecified atom stereocenters. The summed E-state index contributed by atoms with van der Waals surface area (Å²) in [4.78, 5) is 85.5. The first-order chi connectivity index (χ1) is 31.6. The van der Waals surface area contributed by atoms with Crippen molar-refractivity contribution in [2.24, 2.45) is 23.7 Å². The van der Waals surface area contributed by atoms with Crippen molar-refractivity contribution in [2.75, 3.05) is 12.4 Å². The molecule has 0 aromatic heterocycles. The van der Waals surface area contributed by atoms with Crippen LogP contribution < -0.4 is 20.1 Å². The van der Waals surface area contributed by atoms with Crippen molar-refractivity contribution >= 4 is 52.5 Å². The zero-order valence-electron chi connectivity index (χ0n) is 38.9. The van der Waals surface area contributed by atoms with Crippen LogP contribution in [-0.2, 0) is 23.8 Å². The Kier molecular flexibility index (Phi) is 15.1. The Morgan fingerprint density at radius 2 is 1.52 bits per heavy atom. The summed E-state index contributed by atoms with van der Waals surface area (Å²) in [6.07, 6.45) is 3.13. The highest BCUT2D eigenvalue weighted by Gasteiger charge is 2.53. The number of allylic oxidation sites excluding steroid dienone is 4. The standard InChI is InChI=1S/C51H55ClN2O13/c1-24-18-20-32(21-19-24)53-39-40-44(59)37-36(43(39)58)38-47(30(7)46(37)66-50(62)33-16-11-12-17-34(33)52)67-51(9,48(38)60)64-23-22-35(63-10)27(4)45(65-31(8)55)29(6)42(57)28(5)41(56)25(2)14-13-15-26(3)49(61)54-40/h11-23,25,27-29,35,41-42,45,53,56-57H,1-10H3,(H,54,61)/b14-13+,23-22+,26-15-/t25-,27+,28+,29-,35-,41-,42-,45+,51-/m0/s1. The van der Waals surface area contributed by atoms with Crippen molar-refractivity contribution < 1.29 is 62.7 Å². The second kappa shape index (κ2) is 20.2. The van der Waals surface area contributed by atoms with Gasteiger partial charge in [-0.15, -0.1) is 0 Å². The lowest BCUT2D eigenvalue weighted by molar-refractivity contribution is -0.160. The quantitative estimate of drug-likeness (QED) is 0.139. The van der Waals surface area contributed by atoms with E-state index >= 15 is 9.59 Å². The van der Waals surface area contributed by atoms with Gasteiger partial charge in [0, 0.05) is 61.5 Å². The maximum Gasteiger partial charge on any atom is 0.345 e. The van der Waals surface area contributed by atoms with Crippen LogP contribution in [0.4, 0.5) is 5.69 Å². The summed E-state index contributed by atoms with van der Waals surface area (Å²) in [6.45, 7) is 14.1. The number of anilines is 1. The van der Waals surface area contributed by atoms with E-state index in [4.69, 9.17) is 35.3 Å². The summed E-state index contributed by atoms with van der Waals surface area (Å²) >= 11 is 6.38. The fraction of sp³-hybridized carbons (Fsp3) is 0.373. The van der Waals surface area contributed by atoms with Crippen LogP contribution >= 0.6 is 11.6 Å². The number of aliphatic hydroxyl groups excluding tert-OH is 2. The molecule has 3 aliphatic heterocycles. The summed E-state index contributed by atoms with van der Waals surface area (Å²) < 4.78 is 29.9. The number of rotatable bonds is 6. The van der Waals surface area contributed by atoms with Gasteiger partial charge in [-0.05, 0) is 51.1 Å². The topological polar surface area (TPSA) is 213 Å². The average Bonchev–Trinajstić information content (AvgIpc) is 3.56. The van der Waals surface area contributed by atoms with Crippen molar-refractivity contribution in [3.63, 3.8) is 0 Å². The number of carbonyl (C=O) groups is 6. The maximum atomic E-state index is 15.2. The molecule has 15 nitrogen and oxygen atoms in total. The van der Waals surface area contributed by atoms with Crippen molar-refractivity contribution in [3.8, 4) is 11.5 Å². The number of carbonyl (C=O) groups excluding carboxylic acids is 6. The lowest BCUT2D eigenvalue weighted by Gasteiger charge is -2.38.